The standard InChI is InChI=1S/C13H24N2O2/c1-3-15(11-5-6-11)12(16)9-17-13(2)7-4-8-14-10-13/h11,14H,3-10H2,1-2H3. The predicted molar refractivity (Wildman–Crippen MR) is 66.9 cm³/mol. The predicted octanol–water partition coefficient (Wildman–Crippen LogP) is 1.16. The highest BCUT2D eigenvalue weighted by atomic mass is 16.5. The first-order chi connectivity index (χ1) is 8.14. The van der Waals surface area contributed by atoms with Crippen LogP contribution >= 0.6 is 0 Å². The van der Waals surface area contributed by atoms with Crippen LogP contribution in [-0.2, 0) is 9.53 Å². The molecule has 98 valence electrons. The highest BCUT2D eigenvalue weighted by Gasteiger charge is 2.33. The zero-order valence-electron chi connectivity index (χ0n) is 11.0. The number of likely N-dealkylation sites (N-methyl/N-ethyl adjacent to an activating group) is 1. The lowest BCUT2D eigenvalue weighted by molar-refractivity contribution is -0.144. The molecule has 0 aromatic heterocycles. The zero-order valence-corrected chi connectivity index (χ0v) is 11.0. The number of nitrogens with zero attached hydrogens (tertiary/aromatic N) is 1. The minimum absolute atomic E-state index is 0.154. The summed E-state index contributed by atoms with van der Waals surface area (Å²) in [5.74, 6) is 0.154. The van der Waals surface area contributed by atoms with Gasteiger partial charge in [0.25, 0.3) is 0 Å². The van der Waals surface area contributed by atoms with Gasteiger partial charge in [-0.1, -0.05) is 0 Å². The van der Waals surface area contributed by atoms with E-state index < -0.39 is 0 Å². The molecule has 0 radical (unpaired) electrons. The molecule has 2 rings (SSSR count). The van der Waals surface area contributed by atoms with E-state index in [9.17, 15) is 4.79 Å². The van der Waals surface area contributed by atoms with Crippen molar-refractivity contribution < 1.29 is 9.53 Å². The van der Waals surface area contributed by atoms with Gasteiger partial charge in [-0.25, -0.2) is 0 Å². The maximum absolute atomic E-state index is 12.0. The van der Waals surface area contributed by atoms with Gasteiger partial charge in [0.2, 0.25) is 5.91 Å². The van der Waals surface area contributed by atoms with Gasteiger partial charge >= 0.3 is 0 Å². The fourth-order valence-corrected chi connectivity index (χ4v) is 2.50. The van der Waals surface area contributed by atoms with Crippen LogP contribution < -0.4 is 5.32 Å². The summed E-state index contributed by atoms with van der Waals surface area (Å²) >= 11 is 0. The van der Waals surface area contributed by atoms with Crippen LogP contribution in [-0.4, -0.2) is 48.7 Å². The first-order valence-corrected chi connectivity index (χ1v) is 6.79. The monoisotopic (exact) mass is 240 g/mol. The topological polar surface area (TPSA) is 41.6 Å². The molecular formula is C13H24N2O2. The van der Waals surface area contributed by atoms with Crippen LogP contribution in [0.5, 0.6) is 0 Å². The van der Waals surface area contributed by atoms with Gasteiger partial charge in [0.1, 0.15) is 6.61 Å². The van der Waals surface area contributed by atoms with Crippen LogP contribution in [0.15, 0.2) is 0 Å². The van der Waals surface area contributed by atoms with E-state index in [1.165, 1.54) is 12.8 Å². The fourth-order valence-electron chi connectivity index (χ4n) is 2.50. The molecule has 1 amide bonds. The number of nitrogens with one attached hydrogen (secondary N) is 1. The molecule has 1 aliphatic heterocycles. The highest BCUT2D eigenvalue weighted by Crippen LogP contribution is 2.27. The van der Waals surface area contributed by atoms with Gasteiger partial charge in [0.15, 0.2) is 0 Å². The van der Waals surface area contributed by atoms with E-state index in [0.29, 0.717) is 6.04 Å². The van der Waals surface area contributed by atoms with Gasteiger partial charge < -0.3 is 15.0 Å². The van der Waals surface area contributed by atoms with Crippen LogP contribution in [0.3, 0.4) is 0 Å². The SMILES string of the molecule is CCN(C(=O)COC1(C)CCCNC1)C1CC1. The number of piperidine rings is 1. The van der Waals surface area contributed by atoms with E-state index in [1.54, 1.807) is 0 Å². The molecule has 4 heteroatoms. The van der Waals surface area contributed by atoms with E-state index in [4.69, 9.17) is 4.74 Å². The average Bonchev–Trinajstić information content (AvgIpc) is 3.13. The lowest BCUT2D eigenvalue weighted by Crippen LogP contribution is -2.47. The molecule has 2 fully saturated rings. The van der Waals surface area contributed by atoms with Gasteiger partial charge in [-0.2, -0.15) is 0 Å². The molecule has 2 aliphatic rings. The van der Waals surface area contributed by atoms with Crippen molar-refractivity contribution in [3.63, 3.8) is 0 Å². The molecule has 1 saturated carbocycles. The Hall–Kier alpha value is -0.610. The number of hydrogen-bond acceptors (Lipinski definition) is 3. The molecule has 17 heavy (non-hydrogen) atoms. The quantitative estimate of drug-likeness (QED) is 0.784. The smallest absolute Gasteiger partial charge is 0.248 e. The van der Waals surface area contributed by atoms with Crippen LogP contribution in [0.25, 0.3) is 0 Å². The maximum Gasteiger partial charge on any atom is 0.248 e. The molecule has 0 bridgehead atoms. The second kappa shape index (κ2) is 5.36. The molecule has 1 unspecified atom stereocenters. The average molecular weight is 240 g/mol. The number of carbonyl (C=O) groups excluding carboxylic acids is 1. The number of hydrogen-bond donors (Lipinski definition) is 1. The summed E-state index contributed by atoms with van der Waals surface area (Å²) < 4.78 is 5.84. The van der Waals surface area contributed by atoms with Crippen LogP contribution in [0.4, 0.5) is 0 Å². The third-order valence-electron chi connectivity index (χ3n) is 3.75. The van der Waals surface area contributed by atoms with Crippen LogP contribution in [0.1, 0.15) is 39.5 Å². The normalized spacial score (nSPS) is 29.1. The van der Waals surface area contributed by atoms with Crippen molar-refractivity contribution in [1.29, 1.82) is 0 Å². The largest absolute Gasteiger partial charge is 0.364 e. The molecule has 4 nitrogen and oxygen atoms in total. The number of rotatable bonds is 5. The van der Waals surface area contributed by atoms with Gasteiger partial charge in [0.05, 0.1) is 5.60 Å². The van der Waals surface area contributed by atoms with E-state index in [1.807, 2.05) is 11.8 Å². The molecular weight excluding hydrogens is 216 g/mol. The molecule has 1 atom stereocenters. The molecule has 1 saturated heterocycles. The van der Waals surface area contributed by atoms with E-state index in [0.717, 1.165) is 32.5 Å². The molecule has 1 heterocycles. The number of ether oxygens (including phenoxy) is 1. The van der Waals surface area contributed by atoms with Crippen molar-refractivity contribution in [1.82, 2.24) is 10.2 Å². The maximum atomic E-state index is 12.0. The molecule has 1 aliphatic carbocycles. The van der Waals surface area contributed by atoms with E-state index in [2.05, 4.69) is 12.2 Å². The first kappa shape index (κ1) is 12.8. The Kier molecular flexibility index (Phi) is 4.05. The number of amides is 1. The van der Waals surface area contributed by atoms with E-state index >= 15 is 0 Å². The third-order valence-corrected chi connectivity index (χ3v) is 3.75. The second-order valence-corrected chi connectivity index (χ2v) is 5.43. The van der Waals surface area contributed by atoms with Crippen molar-refractivity contribution >= 4 is 5.91 Å². The summed E-state index contributed by atoms with van der Waals surface area (Å²) in [5.41, 5.74) is -0.156. The minimum atomic E-state index is -0.156. The van der Waals surface area contributed by atoms with Crippen molar-refractivity contribution in [3.8, 4) is 0 Å². The Morgan fingerprint density at radius 1 is 1.53 bits per heavy atom. The fraction of sp³-hybridized carbons (Fsp3) is 0.923. The first-order valence-electron chi connectivity index (χ1n) is 6.79. The summed E-state index contributed by atoms with van der Waals surface area (Å²) in [6.07, 6.45) is 4.50. The second-order valence-electron chi connectivity index (χ2n) is 5.43. The summed E-state index contributed by atoms with van der Waals surface area (Å²) in [6, 6.07) is 0.494. The van der Waals surface area contributed by atoms with Gasteiger partial charge in [-0.05, 0) is 46.1 Å². The van der Waals surface area contributed by atoms with Crippen molar-refractivity contribution in [2.45, 2.75) is 51.2 Å². The highest BCUT2D eigenvalue weighted by molar-refractivity contribution is 5.78. The lowest BCUT2D eigenvalue weighted by Gasteiger charge is -2.34. The summed E-state index contributed by atoms with van der Waals surface area (Å²) in [7, 11) is 0. The van der Waals surface area contributed by atoms with E-state index in [-0.39, 0.29) is 18.1 Å². The lowest BCUT2D eigenvalue weighted by atomic mass is 9.96. The van der Waals surface area contributed by atoms with Crippen molar-refractivity contribution in [3.05, 3.63) is 0 Å². The summed E-state index contributed by atoms with van der Waals surface area (Å²) in [6.45, 7) is 7.11. The summed E-state index contributed by atoms with van der Waals surface area (Å²) in [4.78, 5) is 14.0. The third kappa shape index (κ3) is 3.42. The Morgan fingerprint density at radius 2 is 2.29 bits per heavy atom. The molecule has 0 aromatic carbocycles. The molecule has 1 N–H and O–H groups in total. The Balaban J connectivity index is 1.78. The minimum Gasteiger partial charge on any atom is -0.364 e. The Labute approximate surface area is 104 Å². The van der Waals surface area contributed by atoms with Crippen LogP contribution in [0, 0.1) is 0 Å². The zero-order chi connectivity index (χ0) is 12.3. The van der Waals surface area contributed by atoms with Crippen molar-refractivity contribution in [2.24, 2.45) is 0 Å². The molecule has 0 aromatic rings. The summed E-state index contributed by atoms with van der Waals surface area (Å²) in [5, 5.41) is 3.33. The van der Waals surface area contributed by atoms with Crippen LogP contribution in [0.2, 0.25) is 0 Å². The van der Waals surface area contributed by atoms with Gasteiger partial charge in [-0.15, -0.1) is 0 Å². The Bertz CT molecular complexity index is 271. The molecule has 0 spiro atoms. The van der Waals surface area contributed by atoms with Gasteiger partial charge in [0, 0.05) is 19.1 Å². The van der Waals surface area contributed by atoms with Gasteiger partial charge in [-0.3, -0.25) is 4.79 Å². The van der Waals surface area contributed by atoms with Crippen molar-refractivity contribution in [2.75, 3.05) is 26.2 Å². The number of carbonyl (C=O) groups is 1. The Morgan fingerprint density at radius 3 is 2.82 bits per heavy atom.